The number of halogens is 2. The van der Waals surface area contributed by atoms with Gasteiger partial charge in [-0.1, -0.05) is 60.5 Å². The van der Waals surface area contributed by atoms with Crippen molar-refractivity contribution in [1.82, 2.24) is 4.98 Å². The molecular weight excluding hydrogens is 241 g/mol. The van der Waals surface area contributed by atoms with Crippen molar-refractivity contribution in [2.24, 2.45) is 0 Å². The summed E-state index contributed by atoms with van der Waals surface area (Å²) in [6.45, 7) is 2.12. The molecule has 0 spiro atoms. The molecule has 82 valence electrons. The number of benzene rings is 1. The van der Waals surface area contributed by atoms with Gasteiger partial charge >= 0.3 is 0 Å². The maximum Gasteiger partial charge on any atom is 0.131 e. The predicted octanol–water partition coefficient (Wildman–Crippen LogP) is 4.54. The summed E-state index contributed by atoms with van der Waals surface area (Å²) in [6, 6.07) is 13.9. The molecule has 1 atom stereocenters. The zero-order valence-electron chi connectivity index (χ0n) is 8.82. The van der Waals surface area contributed by atoms with Crippen molar-refractivity contribution in [3.05, 3.63) is 63.9 Å². The van der Waals surface area contributed by atoms with Crippen LogP contribution in [0.4, 0.5) is 0 Å². The first-order valence-electron chi connectivity index (χ1n) is 5.05. The monoisotopic (exact) mass is 251 g/mol. The average molecular weight is 252 g/mol. The molecule has 0 saturated carbocycles. The summed E-state index contributed by atoms with van der Waals surface area (Å²) in [7, 11) is 0. The third-order valence-corrected chi connectivity index (χ3v) is 2.97. The van der Waals surface area contributed by atoms with Crippen LogP contribution in [0.5, 0.6) is 0 Å². The van der Waals surface area contributed by atoms with Crippen LogP contribution in [-0.4, -0.2) is 4.98 Å². The van der Waals surface area contributed by atoms with Gasteiger partial charge in [-0.05, 0) is 23.3 Å². The van der Waals surface area contributed by atoms with Crippen LogP contribution in [0.15, 0.2) is 42.5 Å². The topological polar surface area (TPSA) is 12.9 Å². The van der Waals surface area contributed by atoms with E-state index in [4.69, 9.17) is 23.2 Å². The van der Waals surface area contributed by atoms with Crippen molar-refractivity contribution in [1.29, 1.82) is 0 Å². The Hall–Kier alpha value is -1.05. The Bertz CT molecular complexity index is 462. The molecule has 2 rings (SSSR count). The summed E-state index contributed by atoms with van der Waals surface area (Å²) < 4.78 is 0. The molecule has 1 aromatic heterocycles. The number of hydrogen-bond donors (Lipinski definition) is 0. The molecule has 0 saturated heterocycles. The highest BCUT2D eigenvalue weighted by atomic mass is 35.5. The minimum atomic E-state index is 0.263. The summed E-state index contributed by atoms with van der Waals surface area (Å²) >= 11 is 11.8. The Morgan fingerprint density at radius 2 is 1.50 bits per heavy atom. The van der Waals surface area contributed by atoms with E-state index < -0.39 is 0 Å². The molecule has 0 fully saturated rings. The number of aromatic nitrogens is 1. The summed E-state index contributed by atoms with van der Waals surface area (Å²) in [4.78, 5) is 3.94. The van der Waals surface area contributed by atoms with Crippen LogP contribution in [0.3, 0.4) is 0 Å². The van der Waals surface area contributed by atoms with Crippen LogP contribution < -0.4 is 0 Å². The van der Waals surface area contributed by atoms with E-state index in [1.54, 1.807) is 0 Å². The van der Waals surface area contributed by atoms with Crippen molar-refractivity contribution in [2.75, 3.05) is 0 Å². The van der Waals surface area contributed by atoms with Gasteiger partial charge in [0.1, 0.15) is 10.3 Å². The van der Waals surface area contributed by atoms with Gasteiger partial charge < -0.3 is 0 Å². The molecule has 3 heteroatoms. The molecular formula is C13H11Cl2N. The molecule has 1 unspecified atom stereocenters. The molecule has 16 heavy (non-hydrogen) atoms. The van der Waals surface area contributed by atoms with Gasteiger partial charge in [-0.25, -0.2) is 4.98 Å². The van der Waals surface area contributed by atoms with E-state index in [0.717, 1.165) is 5.56 Å². The van der Waals surface area contributed by atoms with Gasteiger partial charge in [-0.3, -0.25) is 0 Å². The highest BCUT2D eigenvalue weighted by molar-refractivity contribution is 6.32. The SMILES string of the molecule is CC(c1ccccc1)c1cc(Cl)nc(Cl)c1. The zero-order valence-corrected chi connectivity index (χ0v) is 10.3. The summed E-state index contributed by atoms with van der Waals surface area (Å²) in [5, 5.41) is 0.871. The van der Waals surface area contributed by atoms with Gasteiger partial charge in [0, 0.05) is 5.92 Å². The lowest BCUT2D eigenvalue weighted by Gasteiger charge is -2.12. The lowest BCUT2D eigenvalue weighted by atomic mass is 9.94. The van der Waals surface area contributed by atoms with E-state index in [0.29, 0.717) is 10.3 Å². The van der Waals surface area contributed by atoms with Gasteiger partial charge in [0.15, 0.2) is 0 Å². The third-order valence-electron chi connectivity index (χ3n) is 2.58. The van der Waals surface area contributed by atoms with Crippen molar-refractivity contribution in [3.8, 4) is 0 Å². The van der Waals surface area contributed by atoms with Crippen molar-refractivity contribution in [3.63, 3.8) is 0 Å². The standard InChI is InChI=1S/C13H11Cl2N/c1-9(10-5-3-2-4-6-10)11-7-12(14)16-13(15)8-11/h2-9H,1H3. The first-order valence-corrected chi connectivity index (χ1v) is 5.80. The lowest BCUT2D eigenvalue weighted by molar-refractivity contribution is 0.917. The zero-order chi connectivity index (χ0) is 11.5. The van der Waals surface area contributed by atoms with E-state index in [2.05, 4.69) is 24.0 Å². The van der Waals surface area contributed by atoms with Gasteiger partial charge in [0.25, 0.3) is 0 Å². The van der Waals surface area contributed by atoms with Crippen LogP contribution in [0.1, 0.15) is 24.0 Å². The third kappa shape index (κ3) is 2.55. The molecule has 0 radical (unpaired) electrons. The molecule has 0 aliphatic carbocycles. The highest BCUT2D eigenvalue weighted by Gasteiger charge is 2.09. The highest BCUT2D eigenvalue weighted by Crippen LogP contribution is 2.27. The van der Waals surface area contributed by atoms with E-state index in [-0.39, 0.29) is 5.92 Å². The number of rotatable bonds is 2. The van der Waals surface area contributed by atoms with Crippen LogP contribution in [0, 0.1) is 0 Å². The quantitative estimate of drug-likeness (QED) is 0.715. The van der Waals surface area contributed by atoms with Crippen molar-refractivity contribution < 1.29 is 0 Å². The number of pyridine rings is 1. The maximum absolute atomic E-state index is 5.89. The van der Waals surface area contributed by atoms with E-state index in [1.807, 2.05) is 30.3 Å². The van der Waals surface area contributed by atoms with E-state index in [1.165, 1.54) is 5.56 Å². The fraction of sp³-hybridized carbons (Fsp3) is 0.154. The molecule has 1 nitrogen and oxygen atoms in total. The largest absolute Gasteiger partial charge is 0.224 e. The molecule has 0 aliphatic heterocycles. The maximum atomic E-state index is 5.89. The minimum Gasteiger partial charge on any atom is -0.224 e. The van der Waals surface area contributed by atoms with Gasteiger partial charge in [-0.2, -0.15) is 0 Å². The Balaban J connectivity index is 2.37. The first kappa shape index (κ1) is 11.4. The smallest absolute Gasteiger partial charge is 0.131 e. The molecule has 1 heterocycles. The average Bonchev–Trinajstić information content (AvgIpc) is 2.28. The van der Waals surface area contributed by atoms with Crippen LogP contribution in [0.2, 0.25) is 10.3 Å². The van der Waals surface area contributed by atoms with Crippen molar-refractivity contribution in [2.45, 2.75) is 12.8 Å². The van der Waals surface area contributed by atoms with Crippen LogP contribution in [0.25, 0.3) is 0 Å². The minimum absolute atomic E-state index is 0.263. The Labute approximate surface area is 105 Å². The summed E-state index contributed by atoms with van der Waals surface area (Å²) in [6.07, 6.45) is 0. The fourth-order valence-electron chi connectivity index (χ4n) is 1.67. The fourth-order valence-corrected chi connectivity index (χ4v) is 2.14. The molecule has 0 N–H and O–H groups in total. The first-order chi connectivity index (χ1) is 7.66. The Morgan fingerprint density at radius 1 is 0.938 bits per heavy atom. The van der Waals surface area contributed by atoms with Crippen molar-refractivity contribution >= 4 is 23.2 Å². The Morgan fingerprint density at radius 3 is 2.06 bits per heavy atom. The Kier molecular flexibility index (Phi) is 3.47. The van der Waals surface area contributed by atoms with E-state index >= 15 is 0 Å². The van der Waals surface area contributed by atoms with Gasteiger partial charge in [0.2, 0.25) is 0 Å². The van der Waals surface area contributed by atoms with Gasteiger partial charge in [0.05, 0.1) is 0 Å². The molecule has 2 aromatic rings. The number of hydrogen-bond acceptors (Lipinski definition) is 1. The molecule has 1 aromatic carbocycles. The molecule has 0 amide bonds. The second kappa shape index (κ2) is 4.86. The molecule has 0 aliphatic rings. The van der Waals surface area contributed by atoms with Crippen LogP contribution in [-0.2, 0) is 0 Å². The molecule has 0 bridgehead atoms. The lowest BCUT2D eigenvalue weighted by Crippen LogP contribution is -1.96. The number of nitrogens with zero attached hydrogens (tertiary/aromatic N) is 1. The van der Waals surface area contributed by atoms with Gasteiger partial charge in [-0.15, -0.1) is 0 Å². The van der Waals surface area contributed by atoms with E-state index in [9.17, 15) is 0 Å². The normalized spacial score (nSPS) is 12.4. The second-order valence-electron chi connectivity index (χ2n) is 3.68. The predicted molar refractivity (Wildman–Crippen MR) is 68.2 cm³/mol. The second-order valence-corrected chi connectivity index (χ2v) is 4.45. The summed E-state index contributed by atoms with van der Waals surface area (Å²) in [5.74, 6) is 0.263. The summed E-state index contributed by atoms with van der Waals surface area (Å²) in [5.41, 5.74) is 2.32. The van der Waals surface area contributed by atoms with Crippen LogP contribution >= 0.6 is 23.2 Å².